The van der Waals surface area contributed by atoms with Crippen molar-refractivity contribution in [2.75, 3.05) is 46.9 Å². The van der Waals surface area contributed by atoms with Crippen LogP contribution < -0.4 is 0 Å². The van der Waals surface area contributed by atoms with Crippen LogP contribution in [0.4, 0.5) is 0 Å². The van der Waals surface area contributed by atoms with E-state index in [1.807, 2.05) is 0 Å². The number of ether oxygens (including phenoxy) is 3. The molecular weight excluding hydrogens is 424 g/mol. The minimum Gasteiger partial charge on any atom is -0.352 e. The second-order valence-electron chi connectivity index (χ2n) is 13.7. The molecule has 0 aromatic carbocycles. The van der Waals surface area contributed by atoms with E-state index in [1.54, 1.807) is 5.57 Å². The molecule has 0 unspecified atom stereocenters. The summed E-state index contributed by atoms with van der Waals surface area (Å²) < 4.78 is 19.7. The Morgan fingerprint density at radius 3 is 2.38 bits per heavy atom. The topological polar surface area (TPSA) is 34.2 Å². The molecule has 6 fully saturated rings. The molecule has 3 spiro atoms. The van der Waals surface area contributed by atoms with Gasteiger partial charge in [-0.3, -0.25) is 4.90 Å². The van der Waals surface area contributed by atoms with Gasteiger partial charge in [0.1, 0.15) is 5.72 Å². The Labute approximate surface area is 206 Å². The summed E-state index contributed by atoms with van der Waals surface area (Å²) in [6.45, 7) is 10.2. The number of likely N-dealkylation sites (N-methyl/N-ethyl adjacent to an activating group) is 1. The summed E-state index contributed by atoms with van der Waals surface area (Å²) in [5.41, 5.74) is 2.33. The van der Waals surface area contributed by atoms with Crippen LogP contribution in [0.25, 0.3) is 0 Å². The van der Waals surface area contributed by atoms with Gasteiger partial charge in [0, 0.05) is 50.7 Å². The van der Waals surface area contributed by atoms with Crippen LogP contribution in [0, 0.1) is 28.6 Å². The molecule has 0 aromatic rings. The van der Waals surface area contributed by atoms with E-state index >= 15 is 0 Å². The second-order valence-corrected chi connectivity index (χ2v) is 13.7. The van der Waals surface area contributed by atoms with E-state index in [0.717, 1.165) is 76.3 Å². The predicted molar refractivity (Wildman–Crippen MR) is 132 cm³/mol. The third-order valence-corrected chi connectivity index (χ3v) is 12.6. The molecule has 190 valence electrons. The maximum absolute atomic E-state index is 7.40. The van der Waals surface area contributed by atoms with Crippen LogP contribution in [0.5, 0.6) is 0 Å². The van der Waals surface area contributed by atoms with Gasteiger partial charge >= 0.3 is 0 Å². The zero-order chi connectivity index (χ0) is 23.4. The molecule has 7 aliphatic rings. The van der Waals surface area contributed by atoms with Gasteiger partial charge in [-0.2, -0.15) is 0 Å². The van der Waals surface area contributed by atoms with E-state index in [-0.39, 0.29) is 17.1 Å². The average molecular weight is 471 g/mol. The summed E-state index contributed by atoms with van der Waals surface area (Å²) in [6, 6.07) is 0. The SMILES string of the molecule is CN1CCC2(CC1)O[C@@]1(CC[C@@H]3[C@H]4CC=C5CC6(CC[C@]5(C)[C@@H]4CC[C@@]31C)OCCO6)CN2C. The standard InChI is InChI=1S/C29H46N2O3/c1-25-11-12-29(32-17-18-33-29)19-21(25)5-6-22-23(25)7-9-26(2)24(22)8-10-27(26)20-31(4)28(34-27)13-15-30(3)16-14-28/h5,22-24H,6-20H2,1-4H3/t22-,23+,24+,25-,26-,27-/m0/s1. The molecule has 0 amide bonds. The van der Waals surface area contributed by atoms with Crippen LogP contribution in [0.15, 0.2) is 11.6 Å². The van der Waals surface area contributed by atoms with Gasteiger partial charge < -0.3 is 19.1 Å². The summed E-state index contributed by atoms with van der Waals surface area (Å²) >= 11 is 0. The zero-order valence-corrected chi connectivity index (χ0v) is 22.0. The molecule has 3 saturated carbocycles. The van der Waals surface area contributed by atoms with Crippen LogP contribution in [0.3, 0.4) is 0 Å². The highest BCUT2D eigenvalue weighted by Crippen LogP contribution is 2.70. The molecule has 3 aliphatic heterocycles. The molecule has 3 saturated heterocycles. The van der Waals surface area contributed by atoms with Gasteiger partial charge in [0.25, 0.3) is 0 Å². The summed E-state index contributed by atoms with van der Waals surface area (Å²) in [4.78, 5) is 5.10. The number of hydrogen-bond acceptors (Lipinski definition) is 5. The number of rotatable bonds is 0. The summed E-state index contributed by atoms with van der Waals surface area (Å²) in [7, 11) is 4.61. The Hall–Kier alpha value is -0.460. The molecule has 0 bridgehead atoms. The lowest BCUT2D eigenvalue weighted by Gasteiger charge is -2.60. The van der Waals surface area contributed by atoms with Crippen molar-refractivity contribution in [1.82, 2.24) is 9.80 Å². The summed E-state index contributed by atoms with van der Waals surface area (Å²) in [5, 5.41) is 0. The minimum absolute atomic E-state index is 0.0220. The Balaban J connectivity index is 1.16. The smallest absolute Gasteiger partial charge is 0.172 e. The normalized spacial score (nSPS) is 49.9. The first kappa shape index (κ1) is 22.7. The van der Waals surface area contributed by atoms with Crippen molar-refractivity contribution >= 4 is 0 Å². The minimum atomic E-state index is -0.302. The van der Waals surface area contributed by atoms with Gasteiger partial charge in [-0.05, 0) is 75.8 Å². The lowest BCUT2D eigenvalue weighted by Crippen LogP contribution is -2.57. The predicted octanol–water partition coefficient (Wildman–Crippen LogP) is 4.82. The van der Waals surface area contributed by atoms with Crippen LogP contribution in [-0.4, -0.2) is 73.9 Å². The molecule has 4 aliphatic carbocycles. The van der Waals surface area contributed by atoms with Crippen molar-refractivity contribution in [1.29, 1.82) is 0 Å². The number of likely N-dealkylation sites (tertiary alicyclic amines) is 1. The molecule has 3 heterocycles. The lowest BCUT2D eigenvalue weighted by molar-refractivity contribution is -0.207. The monoisotopic (exact) mass is 470 g/mol. The number of allylic oxidation sites excluding steroid dienone is 1. The first-order chi connectivity index (χ1) is 16.2. The van der Waals surface area contributed by atoms with Crippen molar-refractivity contribution in [3.8, 4) is 0 Å². The molecule has 7 rings (SSSR count). The van der Waals surface area contributed by atoms with Gasteiger partial charge in [-0.25, -0.2) is 0 Å². The van der Waals surface area contributed by atoms with Crippen molar-refractivity contribution in [3.63, 3.8) is 0 Å². The highest BCUT2D eigenvalue weighted by molar-refractivity contribution is 5.28. The molecular formula is C29H46N2O3. The molecule has 0 aromatic heterocycles. The summed E-state index contributed by atoms with van der Waals surface area (Å²) in [6.07, 6.45) is 14.8. The fraction of sp³-hybridized carbons (Fsp3) is 0.931. The number of nitrogens with zero attached hydrogens (tertiary/aromatic N) is 2. The Bertz CT molecular complexity index is 875. The first-order valence-electron chi connectivity index (χ1n) is 14.3. The lowest BCUT2D eigenvalue weighted by atomic mass is 9.46. The maximum atomic E-state index is 7.40. The fourth-order valence-electron chi connectivity index (χ4n) is 10.3. The van der Waals surface area contributed by atoms with E-state index < -0.39 is 0 Å². The molecule has 5 heteroatoms. The molecule has 6 atom stereocenters. The van der Waals surface area contributed by atoms with Crippen molar-refractivity contribution in [3.05, 3.63) is 11.6 Å². The number of piperidine rings is 1. The highest BCUT2D eigenvalue weighted by Gasteiger charge is 2.69. The van der Waals surface area contributed by atoms with Crippen molar-refractivity contribution in [2.45, 2.75) is 95.2 Å². The van der Waals surface area contributed by atoms with Crippen LogP contribution in [-0.2, 0) is 14.2 Å². The number of fused-ring (bicyclic) bond motifs is 6. The van der Waals surface area contributed by atoms with Gasteiger partial charge in [0.2, 0.25) is 0 Å². The van der Waals surface area contributed by atoms with Crippen molar-refractivity contribution < 1.29 is 14.2 Å². The molecule has 0 N–H and O–H groups in total. The quantitative estimate of drug-likeness (QED) is 0.475. The van der Waals surface area contributed by atoms with E-state index in [1.165, 1.54) is 38.5 Å². The van der Waals surface area contributed by atoms with Crippen LogP contribution in [0.2, 0.25) is 0 Å². The zero-order valence-electron chi connectivity index (χ0n) is 22.0. The number of hydrogen-bond donors (Lipinski definition) is 0. The molecule has 34 heavy (non-hydrogen) atoms. The van der Waals surface area contributed by atoms with E-state index in [9.17, 15) is 0 Å². The van der Waals surface area contributed by atoms with Gasteiger partial charge in [-0.15, -0.1) is 0 Å². The van der Waals surface area contributed by atoms with E-state index in [0.29, 0.717) is 10.8 Å². The third-order valence-electron chi connectivity index (χ3n) is 12.6. The van der Waals surface area contributed by atoms with Crippen LogP contribution in [0.1, 0.15) is 78.1 Å². The first-order valence-corrected chi connectivity index (χ1v) is 14.3. The van der Waals surface area contributed by atoms with Gasteiger partial charge in [-0.1, -0.05) is 25.5 Å². The van der Waals surface area contributed by atoms with Crippen LogP contribution >= 0.6 is 0 Å². The Morgan fingerprint density at radius 2 is 1.62 bits per heavy atom. The van der Waals surface area contributed by atoms with E-state index in [2.05, 4.69) is 43.8 Å². The van der Waals surface area contributed by atoms with Gasteiger partial charge in [0.15, 0.2) is 5.79 Å². The fourth-order valence-corrected chi connectivity index (χ4v) is 10.3. The Morgan fingerprint density at radius 1 is 0.882 bits per heavy atom. The molecule has 5 nitrogen and oxygen atoms in total. The van der Waals surface area contributed by atoms with Gasteiger partial charge in [0.05, 0.1) is 18.8 Å². The maximum Gasteiger partial charge on any atom is 0.172 e. The molecule has 0 radical (unpaired) electrons. The largest absolute Gasteiger partial charge is 0.352 e. The van der Waals surface area contributed by atoms with Crippen molar-refractivity contribution in [2.24, 2.45) is 28.6 Å². The average Bonchev–Trinajstić information content (AvgIpc) is 3.47. The summed E-state index contributed by atoms with van der Waals surface area (Å²) in [5.74, 6) is 2.12. The van der Waals surface area contributed by atoms with E-state index in [4.69, 9.17) is 14.2 Å². The Kier molecular flexibility index (Phi) is 4.88. The highest BCUT2D eigenvalue weighted by atomic mass is 16.7. The third kappa shape index (κ3) is 2.85. The second kappa shape index (κ2) is 7.31.